The molecule has 278 valence electrons. The van der Waals surface area contributed by atoms with Gasteiger partial charge in [-0.05, 0) is 141 Å². The van der Waals surface area contributed by atoms with E-state index < -0.39 is 7.92 Å². The van der Waals surface area contributed by atoms with Crippen LogP contribution in [0.5, 0.6) is 0 Å². The van der Waals surface area contributed by atoms with Crippen molar-refractivity contribution in [2.45, 2.75) is 34.6 Å². The van der Waals surface area contributed by atoms with Gasteiger partial charge in [-0.2, -0.15) is 0 Å². The molecule has 2 amide bonds. The van der Waals surface area contributed by atoms with E-state index in [9.17, 15) is 9.59 Å². The third-order valence-corrected chi connectivity index (χ3v) is 9.16. The minimum Gasteiger partial charge on any atom is -0.267 e. The highest BCUT2D eigenvalue weighted by Crippen LogP contribution is 2.29. The van der Waals surface area contributed by atoms with Crippen molar-refractivity contribution in [2.75, 3.05) is 0 Å². The van der Waals surface area contributed by atoms with Gasteiger partial charge in [0, 0.05) is 31.2 Å². The summed E-state index contributed by atoms with van der Waals surface area (Å²) < 4.78 is 1.87. The van der Waals surface area contributed by atoms with Gasteiger partial charge in [0.15, 0.2) is 10.3 Å². The molecule has 0 unspecified atom stereocenters. The fourth-order valence-corrected chi connectivity index (χ4v) is 5.41. The zero-order chi connectivity index (χ0) is 41.1. The van der Waals surface area contributed by atoms with Crippen LogP contribution in [0.25, 0.3) is 0 Å². The van der Waals surface area contributed by atoms with Crippen LogP contribution < -0.4 is 10.9 Å². The summed E-state index contributed by atoms with van der Waals surface area (Å²) in [5, 5.41) is 8.56. The number of rotatable bonds is 5. The Morgan fingerprint density at radius 1 is 0.536 bits per heavy atom. The van der Waals surface area contributed by atoms with E-state index in [0.717, 1.165) is 31.2 Å². The zero-order valence-corrected chi connectivity index (χ0v) is 36.5. The molecule has 0 heterocycles. The van der Waals surface area contributed by atoms with E-state index >= 15 is 0 Å². The molecule has 2 N–H and O–H groups in total. The van der Waals surface area contributed by atoms with E-state index in [-0.39, 0.29) is 11.8 Å². The lowest BCUT2D eigenvalue weighted by Gasteiger charge is -2.09. The Morgan fingerprint density at radius 2 is 0.929 bits per heavy atom. The minimum absolute atomic E-state index is 0.296. The van der Waals surface area contributed by atoms with Crippen molar-refractivity contribution < 1.29 is 9.59 Å². The number of benzene rings is 4. The fourth-order valence-electron chi connectivity index (χ4n) is 3.80. The molecule has 0 aliphatic carbocycles. The highest BCUT2D eigenvalue weighted by Gasteiger charge is 2.10. The number of carbonyl (C=O) groups is 2. The number of carbonyl (C=O) groups excluding carboxylic acids is 2. The van der Waals surface area contributed by atoms with Gasteiger partial charge in [-0.25, -0.2) is 0 Å². The maximum absolute atomic E-state index is 11.9. The van der Waals surface area contributed by atoms with E-state index in [0.29, 0.717) is 21.5 Å². The standard InChI is InChI=1S/C15H11BrCl2N2.C15H13BrN2O2.C15H9P/c1-10-4-2-3-5-13(10)15(18)20-19-14(17)11-6-8-12(16)9-7-11;1-10-4-2-3-5-13(10)15(20)18-17-14(19)11-6-8-12(16)9-7-11;1-4-7-10-13-16(14-11-8-5-2)15-12-9-6-3/h2-9H,1H3;2-9H,1H3,(H,17,19)(H,18,20);1-3H3/b19-14-,20-15-;;. The van der Waals surface area contributed by atoms with E-state index in [1.165, 1.54) is 0 Å². The molecule has 11 heteroatoms. The molecule has 4 aromatic carbocycles. The van der Waals surface area contributed by atoms with Crippen molar-refractivity contribution in [1.29, 1.82) is 0 Å². The number of hydrogen-bond donors (Lipinski definition) is 2. The van der Waals surface area contributed by atoms with E-state index in [1.807, 2.05) is 74.5 Å². The van der Waals surface area contributed by atoms with Crippen molar-refractivity contribution in [3.05, 3.63) is 139 Å². The molecule has 0 fully saturated rings. The molecule has 0 radical (unpaired) electrons. The molecule has 4 rings (SSSR count). The molecule has 0 atom stereocenters. The number of amides is 2. The average Bonchev–Trinajstić information content (AvgIpc) is 3.20. The second kappa shape index (κ2) is 27.1. The number of aryl methyl sites for hydroxylation is 2. The van der Waals surface area contributed by atoms with Gasteiger partial charge in [0.05, 0.1) is 0 Å². The minimum atomic E-state index is -0.986. The first kappa shape index (κ1) is 46.6. The summed E-state index contributed by atoms with van der Waals surface area (Å²) in [5.41, 5.74) is 18.0. The average molecular weight is 923 g/mol. The first-order valence-corrected chi connectivity index (χ1v) is 20.0. The Kier molecular flexibility index (Phi) is 22.6. The summed E-state index contributed by atoms with van der Waals surface area (Å²) in [7, 11) is -0.986. The zero-order valence-electron chi connectivity index (χ0n) is 30.9. The lowest BCUT2D eigenvalue weighted by atomic mass is 10.1. The molecule has 0 saturated heterocycles. The number of hydrazine groups is 1. The van der Waals surface area contributed by atoms with Crippen molar-refractivity contribution in [3.63, 3.8) is 0 Å². The first-order chi connectivity index (χ1) is 27.0. The molecule has 6 nitrogen and oxygen atoms in total. The monoisotopic (exact) mass is 920 g/mol. The topological polar surface area (TPSA) is 82.9 Å². The van der Waals surface area contributed by atoms with Gasteiger partial charge >= 0.3 is 0 Å². The van der Waals surface area contributed by atoms with E-state index in [1.54, 1.807) is 57.2 Å². The number of halogens is 4. The molecule has 0 bridgehead atoms. The molecule has 0 spiro atoms. The summed E-state index contributed by atoms with van der Waals surface area (Å²) in [6.45, 7) is 9.01. The highest BCUT2D eigenvalue weighted by molar-refractivity contribution is 9.10. The van der Waals surface area contributed by atoms with Gasteiger partial charge in [-0.3, -0.25) is 20.4 Å². The third kappa shape index (κ3) is 18.2. The number of nitrogens with zero attached hydrogens (tertiary/aromatic N) is 2. The predicted octanol–water partition coefficient (Wildman–Crippen LogP) is 10.6. The Bertz CT molecular complexity index is 2360. The van der Waals surface area contributed by atoms with Gasteiger partial charge in [0.2, 0.25) is 0 Å². The Labute approximate surface area is 357 Å². The van der Waals surface area contributed by atoms with Crippen molar-refractivity contribution >= 4 is 85.1 Å². The SMILES string of the molecule is CC#CC#CP(C#CC#CC)C#CC#CC.Cc1ccccc1/C(Cl)=N/N=C(\Cl)c1ccc(Br)cc1.Cc1ccccc1C(=O)NNC(=O)c1ccc(Br)cc1. The van der Waals surface area contributed by atoms with Gasteiger partial charge < -0.3 is 0 Å². The van der Waals surface area contributed by atoms with Crippen LogP contribution in [-0.4, -0.2) is 22.2 Å². The van der Waals surface area contributed by atoms with Gasteiger partial charge in [-0.1, -0.05) is 127 Å². The Morgan fingerprint density at radius 3 is 1.38 bits per heavy atom. The van der Waals surface area contributed by atoms with Crippen LogP contribution in [0.2, 0.25) is 0 Å². The maximum atomic E-state index is 11.9. The Balaban J connectivity index is 0.000000293. The van der Waals surface area contributed by atoms with Crippen LogP contribution in [0.15, 0.2) is 116 Å². The summed E-state index contributed by atoms with van der Waals surface area (Å²) in [6.07, 6.45) is 0. The molecular weight excluding hydrogens is 890 g/mol. The van der Waals surface area contributed by atoms with Crippen molar-refractivity contribution in [3.8, 4) is 70.3 Å². The largest absolute Gasteiger partial charge is 0.269 e. The number of nitrogens with one attached hydrogen (secondary N) is 2. The normalized spacial score (nSPS) is 9.54. The molecule has 0 aliphatic rings. The van der Waals surface area contributed by atoms with Crippen LogP contribution in [0.3, 0.4) is 0 Å². The quantitative estimate of drug-likeness (QED) is 0.0905. The van der Waals surface area contributed by atoms with Crippen molar-refractivity contribution in [1.82, 2.24) is 10.9 Å². The smallest absolute Gasteiger partial charge is 0.267 e. The predicted molar refractivity (Wildman–Crippen MR) is 241 cm³/mol. The van der Waals surface area contributed by atoms with Crippen LogP contribution in [-0.2, 0) is 0 Å². The van der Waals surface area contributed by atoms with Crippen LogP contribution in [0.4, 0.5) is 0 Å². The summed E-state index contributed by atoms with van der Waals surface area (Å²) in [6, 6.07) is 29.2. The van der Waals surface area contributed by atoms with Crippen molar-refractivity contribution in [2.24, 2.45) is 10.2 Å². The first-order valence-electron chi connectivity index (χ1n) is 16.3. The molecule has 56 heavy (non-hydrogen) atoms. The second-order valence-corrected chi connectivity index (χ2v) is 14.4. The molecule has 0 saturated carbocycles. The maximum Gasteiger partial charge on any atom is 0.269 e. The lowest BCUT2D eigenvalue weighted by Crippen LogP contribution is -2.41. The molecule has 0 aromatic heterocycles. The highest BCUT2D eigenvalue weighted by atomic mass is 79.9. The second-order valence-electron chi connectivity index (χ2n) is 10.5. The lowest BCUT2D eigenvalue weighted by molar-refractivity contribution is 0.0846. The fraction of sp³-hybridized carbons (Fsp3) is 0.111. The van der Waals surface area contributed by atoms with Crippen LogP contribution in [0, 0.1) is 84.1 Å². The van der Waals surface area contributed by atoms with Gasteiger partial charge in [0.25, 0.3) is 11.8 Å². The van der Waals surface area contributed by atoms with E-state index in [2.05, 4.69) is 123 Å². The van der Waals surface area contributed by atoms with E-state index in [4.69, 9.17) is 23.2 Å². The summed E-state index contributed by atoms with van der Waals surface area (Å²) >= 11 is 18.9. The van der Waals surface area contributed by atoms with Crippen LogP contribution in [0.1, 0.15) is 63.7 Å². The van der Waals surface area contributed by atoms with Crippen LogP contribution >= 0.6 is 63.0 Å². The molecular formula is C45H33Br2Cl2N4O2P. The summed E-state index contributed by atoms with van der Waals surface area (Å²) in [5.74, 6) is 23.5. The Hall–Kier alpha value is -5.51. The summed E-state index contributed by atoms with van der Waals surface area (Å²) in [4.78, 5) is 23.8. The number of hydrogen-bond acceptors (Lipinski definition) is 4. The van der Waals surface area contributed by atoms with Gasteiger partial charge in [0.1, 0.15) is 7.92 Å². The third-order valence-electron chi connectivity index (χ3n) is 6.53. The molecule has 0 aliphatic heterocycles. The molecule has 4 aromatic rings. The van der Waals surface area contributed by atoms with Gasteiger partial charge in [-0.15, -0.1) is 10.2 Å².